The minimum Gasteiger partial charge on any atom is -0.291 e. The van der Waals surface area contributed by atoms with Crippen molar-refractivity contribution in [2.45, 2.75) is 19.4 Å². The number of hydrogen-bond donors (Lipinski definition) is 2. The Morgan fingerprint density at radius 2 is 2.03 bits per heavy atom. The molecule has 0 unspecified atom stereocenters. The predicted octanol–water partition coefficient (Wildman–Crippen LogP) is 2.39. The highest BCUT2D eigenvalue weighted by molar-refractivity contribution is 5.91. The maximum absolute atomic E-state index is 13.3. The molecule has 0 saturated heterocycles. The number of hydrogen-bond acceptors (Lipinski definition) is 6. The summed E-state index contributed by atoms with van der Waals surface area (Å²) in [7, 11) is 0. The summed E-state index contributed by atoms with van der Waals surface area (Å²) in [6, 6.07) is 14.8. The van der Waals surface area contributed by atoms with Gasteiger partial charge in [0.1, 0.15) is 17.7 Å². The minimum atomic E-state index is -0.717. The number of aromatic amines is 1. The highest BCUT2D eigenvalue weighted by Gasteiger charge is 2.20. The number of H-pyrrole nitrogens is 1. The molecule has 0 aliphatic rings. The van der Waals surface area contributed by atoms with Crippen LogP contribution in [0.2, 0.25) is 0 Å². The van der Waals surface area contributed by atoms with Gasteiger partial charge in [-0.25, -0.2) is 4.39 Å². The standard InChI is InChI=1S/C19H17FN8O/c1-12(28-26-17(24-27-28)14-7-3-2-4-8-14)18(29)22-19-21-16(23-25-19)11-13-6-5-9-15(20)10-13/h2-10,12H,11H2,1H3,(H2,21,22,23,25,29)/t12-/m0/s1. The first-order valence-corrected chi connectivity index (χ1v) is 8.90. The highest BCUT2D eigenvalue weighted by atomic mass is 19.1. The van der Waals surface area contributed by atoms with Crippen LogP contribution in [0.3, 0.4) is 0 Å². The van der Waals surface area contributed by atoms with Gasteiger partial charge in [0.15, 0.2) is 0 Å². The third-order valence-electron chi connectivity index (χ3n) is 4.21. The number of nitrogens with one attached hydrogen (secondary N) is 2. The first-order valence-electron chi connectivity index (χ1n) is 8.90. The van der Waals surface area contributed by atoms with E-state index in [0.29, 0.717) is 18.1 Å². The van der Waals surface area contributed by atoms with Crippen LogP contribution in [-0.2, 0) is 11.2 Å². The fraction of sp³-hybridized carbons (Fsp3) is 0.158. The SMILES string of the molecule is C[C@@H](C(=O)Nc1n[nH]c(Cc2cccc(F)c2)n1)n1nnc(-c2ccccc2)n1. The summed E-state index contributed by atoms with van der Waals surface area (Å²) in [5.74, 6) is 0.346. The van der Waals surface area contributed by atoms with Crippen LogP contribution < -0.4 is 5.32 Å². The van der Waals surface area contributed by atoms with Crippen LogP contribution in [-0.4, -0.2) is 41.3 Å². The fourth-order valence-electron chi connectivity index (χ4n) is 2.68. The van der Waals surface area contributed by atoms with E-state index in [9.17, 15) is 9.18 Å². The quantitative estimate of drug-likeness (QED) is 0.521. The number of aromatic nitrogens is 7. The van der Waals surface area contributed by atoms with Gasteiger partial charge in [-0.2, -0.15) is 9.78 Å². The summed E-state index contributed by atoms with van der Waals surface area (Å²) in [4.78, 5) is 17.9. The van der Waals surface area contributed by atoms with Crippen LogP contribution in [0.1, 0.15) is 24.4 Å². The predicted molar refractivity (Wildman–Crippen MR) is 102 cm³/mol. The van der Waals surface area contributed by atoms with Crippen molar-refractivity contribution in [1.29, 1.82) is 0 Å². The lowest BCUT2D eigenvalue weighted by Gasteiger charge is -2.08. The molecule has 146 valence electrons. The molecule has 4 aromatic rings. The molecule has 2 heterocycles. The summed E-state index contributed by atoms with van der Waals surface area (Å²) in [6.07, 6.45) is 0.362. The number of halogens is 1. The van der Waals surface area contributed by atoms with Crippen molar-refractivity contribution in [3.63, 3.8) is 0 Å². The van der Waals surface area contributed by atoms with Crippen molar-refractivity contribution in [2.75, 3.05) is 5.32 Å². The van der Waals surface area contributed by atoms with E-state index in [4.69, 9.17) is 0 Å². The van der Waals surface area contributed by atoms with Gasteiger partial charge in [-0.1, -0.05) is 42.5 Å². The molecule has 9 nitrogen and oxygen atoms in total. The van der Waals surface area contributed by atoms with Crippen molar-refractivity contribution >= 4 is 11.9 Å². The molecule has 2 aromatic heterocycles. The van der Waals surface area contributed by atoms with Gasteiger partial charge in [-0.15, -0.1) is 15.3 Å². The molecule has 29 heavy (non-hydrogen) atoms. The average Bonchev–Trinajstić information content (AvgIpc) is 3.38. The maximum atomic E-state index is 13.3. The van der Waals surface area contributed by atoms with Crippen molar-refractivity contribution in [2.24, 2.45) is 0 Å². The van der Waals surface area contributed by atoms with Crippen LogP contribution >= 0.6 is 0 Å². The van der Waals surface area contributed by atoms with Gasteiger partial charge in [0.25, 0.3) is 5.91 Å². The minimum absolute atomic E-state index is 0.122. The lowest BCUT2D eigenvalue weighted by atomic mass is 10.1. The first kappa shape index (κ1) is 18.4. The van der Waals surface area contributed by atoms with Crippen LogP contribution in [0.4, 0.5) is 10.3 Å². The Hall–Kier alpha value is -3.95. The second-order valence-corrected chi connectivity index (χ2v) is 6.38. The zero-order valence-corrected chi connectivity index (χ0v) is 15.5. The molecular formula is C19H17FN8O. The van der Waals surface area contributed by atoms with E-state index in [2.05, 4.69) is 35.9 Å². The molecule has 2 N–H and O–H groups in total. The third kappa shape index (κ3) is 4.32. The Labute approximate surface area is 165 Å². The normalized spacial score (nSPS) is 11.9. The molecule has 2 aromatic carbocycles. The largest absolute Gasteiger partial charge is 0.291 e. The Kier molecular flexibility index (Phi) is 5.06. The maximum Gasteiger partial charge on any atom is 0.253 e. The van der Waals surface area contributed by atoms with E-state index in [-0.39, 0.29) is 11.8 Å². The summed E-state index contributed by atoms with van der Waals surface area (Å²) < 4.78 is 13.3. The Bertz CT molecular complexity index is 1120. The molecule has 10 heteroatoms. The summed E-state index contributed by atoms with van der Waals surface area (Å²) in [5.41, 5.74) is 1.55. The highest BCUT2D eigenvalue weighted by Crippen LogP contribution is 2.14. The number of anilines is 1. The van der Waals surface area contributed by atoms with E-state index in [1.165, 1.54) is 16.9 Å². The topological polar surface area (TPSA) is 114 Å². The van der Waals surface area contributed by atoms with Crippen LogP contribution in [0.25, 0.3) is 11.4 Å². The first-order chi connectivity index (χ1) is 14.1. The summed E-state index contributed by atoms with van der Waals surface area (Å²) >= 11 is 0. The Morgan fingerprint density at radius 3 is 2.83 bits per heavy atom. The van der Waals surface area contributed by atoms with Gasteiger partial charge >= 0.3 is 0 Å². The number of nitrogens with zero attached hydrogens (tertiary/aromatic N) is 6. The number of rotatable bonds is 6. The number of carbonyl (C=O) groups excluding carboxylic acids is 1. The monoisotopic (exact) mass is 392 g/mol. The lowest BCUT2D eigenvalue weighted by Crippen LogP contribution is -2.26. The lowest BCUT2D eigenvalue weighted by molar-refractivity contribution is -0.119. The number of tetrazole rings is 1. The number of amides is 1. The van der Waals surface area contributed by atoms with Crippen LogP contribution in [0.15, 0.2) is 54.6 Å². The van der Waals surface area contributed by atoms with Gasteiger partial charge in [-0.3, -0.25) is 15.2 Å². The zero-order chi connectivity index (χ0) is 20.2. The molecule has 0 radical (unpaired) electrons. The van der Waals surface area contributed by atoms with E-state index in [0.717, 1.165) is 11.1 Å². The summed E-state index contributed by atoms with van der Waals surface area (Å²) in [5, 5.41) is 21.5. The molecule has 1 atom stereocenters. The molecule has 1 amide bonds. The van der Waals surface area contributed by atoms with Crippen molar-refractivity contribution in [3.8, 4) is 11.4 Å². The van der Waals surface area contributed by atoms with E-state index < -0.39 is 11.9 Å². The number of benzene rings is 2. The van der Waals surface area contributed by atoms with Gasteiger partial charge < -0.3 is 0 Å². The molecule has 0 bridgehead atoms. The van der Waals surface area contributed by atoms with Crippen molar-refractivity contribution in [1.82, 2.24) is 35.4 Å². The van der Waals surface area contributed by atoms with Gasteiger partial charge in [0.05, 0.1) is 0 Å². The van der Waals surface area contributed by atoms with Crippen LogP contribution in [0, 0.1) is 5.82 Å². The molecule has 0 aliphatic carbocycles. The molecule has 0 fully saturated rings. The third-order valence-corrected chi connectivity index (χ3v) is 4.21. The second kappa shape index (κ2) is 7.97. The van der Waals surface area contributed by atoms with Crippen molar-refractivity contribution in [3.05, 3.63) is 71.8 Å². The Morgan fingerprint density at radius 1 is 1.21 bits per heavy atom. The molecule has 4 rings (SSSR count). The van der Waals surface area contributed by atoms with E-state index in [1.807, 2.05) is 30.3 Å². The van der Waals surface area contributed by atoms with E-state index in [1.54, 1.807) is 19.1 Å². The molecule has 0 aliphatic heterocycles. The zero-order valence-electron chi connectivity index (χ0n) is 15.5. The fourth-order valence-corrected chi connectivity index (χ4v) is 2.68. The molecule has 0 spiro atoms. The van der Waals surface area contributed by atoms with Gasteiger partial charge in [0.2, 0.25) is 11.8 Å². The number of carbonyl (C=O) groups is 1. The smallest absolute Gasteiger partial charge is 0.253 e. The van der Waals surface area contributed by atoms with Gasteiger partial charge in [0, 0.05) is 12.0 Å². The van der Waals surface area contributed by atoms with Crippen LogP contribution in [0.5, 0.6) is 0 Å². The molecule has 0 saturated carbocycles. The van der Waals surface area contributed by atoms with Crippen molar-refractivity contribution < 1.29 is 9.18 Å². The van der Waals surface area contributed by atoms with Gasteiger partial charge in [-0.05, 0) is 29.8 Å². The van der Waals surface area contributed by atoms with E-state index >= 15 is 0 Å². The Balaban J connectivity index is 1.40. The average molecular weight is 392 g/mol. The molecular weight excluding hydrogens is 375 g/mol. The summed E-state index contributed by atoms with van der Waals surface area (Å²) in [6.45, 7) is 1.64. The second-order valence-electron chi connectivity index (χ2n) is 6.38.